The molecule has 0 radical (unpaired) electrons. The van der Waals surface area contributed by atoms with Crippen LogP contribution in [0.3, 0.4) is 0 Å². The van der Waals surface area contributed by atoms with Crippen molar-refractivity contribution < 1.29 is 10.2 Å². The van der Waals surface area contributed by atoms with Crippen LogP contribution >= 0.6 is 0 Å². The van der Waals surface area contributed by atoms with E-state index in [2.05, 4.69) is 5.32 Å². The Morgan fingerprint density at radius 2 is 1.50 bits per heavy atom. The van der Waals surface area contributed by atoms with Gasteiger partial charge in [-0.15, -0.1) is 0 Å². The van der Waals surface area contributed by atoms with Crippen molar-refractivity contribution in [2.45, 2.75) is 33.5 Å². The third kappa shape index (κ3) is 3.59. The van der Waals surface area contributed by atoms with Gasteiger partial charge in [0.05, 0.1) is 6.61 Å². The van der Waals surface area contributed by atoms with Crippen LogP contribution in [-0.2, 0) is 19.7 Å². The Kier molecular flexibility index (Phi) is 4.77. The molecule has 2 aromatic rings. The standard InChI is InChI=1S/C17H21NO2/c1-12-6-16(7-13(2)17(12)20)10-18-9-14-4-3-5-15(8-14)11-19/h3-8,18-20H,9-11H2,1-2H3. The molecule has 0 atom stereocenters. The zero-order chi connectivity index (χ0) is 14.5. The molecule has 3 nitrogen and oxygen atoms in total. The highest BCUT2D eigenvalue weighted by Gasteiger charge is 2.03. The lowest BCUT2D eigenvalue weighted by Gasteiger charge is -2.10. The highest BCUT2D eigenvalue weighted by Crippen LogP contribution is 2.22. The lowest BCUT2D eigenvalue weighted by molar-refractivity contribution is 0.281. The van der Waals surface area contributed by atoms with Gasteiger partial charge in [0.1, 0.15) is 5.75 Å². The molecule has 0 aliphatic carbocycles. The Labute approximate surface area is 119 Å². The summed E-state index contributed by atoms with van der Waals surface area (Å²) in [5, 5.41) is 22.2. The van der Waals surface area contributed by atoms with Crippen LogP contribution in [-0.4, -0.2) is 10.2 Å². The largest absolute Gasteiger partial charge is 0.507 e. The molecule has 2 rings (SSSR count). The number of aryl methyl sites for hydroxylation is 2. The summed E-state index contributed by atoms with van der Waals surface area (Å²) >= 11 is 0. The minimum Gasteiger partial charge on any atom is -0.507 e. The lowest BCUT2D eigenvalue weighted by atomic mass is 10.1. The third-order valence-corrected chi connectivity index (χ3v) is 3.38. The van der Waals surface area contributed by atoms with Crippen molar-refractivity contribution in [3.8, 4) is 5.75 Å². The van der Waals surface area contributed by atoms with Crippen molar-refractivity contribution in [2.75, 3.05) is 0 Å². The number of phenolic OH excluding ortho intramolecular Hbond substituents is 1. The molecule has 3 N–H and O–H groups in total. The van der Waals surface area contributed by atoms with Crippen LogP contribution in [0.15, 0.2) is 36.4 Å². The molecule has 0 fully saturated rings. The maximum Gasteiger partial charge on any atom is 0.121 e. The first-order chi connectivity index (χ1) is 9.60. The van der Waals surface area contributed by atoms with Gasteiger partial charge in [-0.25, -0.2) is 0 Å². The van der Waals surface area contributed by atoms with E-state index < -0.39 is 0 Å². The van der Waals surface area contributed by atoms with Gasteiger partial charge in [-0.05, 0) is 41.7 Å². The summed E-state index contributed by atoms with van der Waals surface area (Å²) in [7, 11) is 0. The summed E-state index contributed by atoms with van der Waals surface area (Å²) in [5.41, 5.74) is 5.06. The predicted molar refractivity (Wildman–Crippen MR) is 80.5 cm³/mol. The first-order valence-electron chi connectivity index (χ1n) is 6.78. The molecule has 3 heteroatoms. The second-order valence-corrected chi connectivity index (χ2v) is 5.16. The van der Waals surface area contributed by atoms with E-state index in [0.717, 1.165) is 40.9 Å². The van der Waals surface area contributed by atoms with Crippen molar-refractivity contribution in [1.82, 2.24) is 5.32 Å². The van der Waals surface area contributed by atoms with Crippen LogP contribution in [0, 0.1) is 13.8 Å². The zero-order valence-electron chi connectivity index (χ0n) is 12.0. The van der Waals surface area contributed by atoms with Crippen LogP contribution in [0.2, 0.25) is 0 Å². The topological polar surface area (TPSA) is 52.5 Å². The Balaban J connectivity index is 1.95. The Morgan fingerprint density at radius 1 is 0.900 bits per heavy atom. The van der Waals surface area contributed by atoms with E-state index in [1.165, 1.54) is 0 Å². The predicted octanol–water partition coefficient (Wildman–Crippen LogP) is 2.79. The van der Waals surface area contributed by atoms with Crippen molar-refractivity contribution in [2.24, 2.45) is 0 Å². The number of rotatable bonds is 5. The van der Waals surface area contributed by atoms with Crippen molar-refractivity contribution in [3.05, 3.63) is 64.2 Å². The van der Waals surface area contributed by atoms with E-state index in [1.807, 2.05) is 50.2 Å². The van der Waals surface area contributed by atoms with Gasteiger partial charge in [-0.2, -0.15) is 0 Å². The van der Waals surface area contributed by atoms with Gasteiger partial charge in [0.2, 0.25) is 0 Å². The van der Waals surface area contributed by atoms with Crippen LogP contribution in [0.4, 0.5) is 0 Å². The SMILES string of the molecule is Cc1cc(CNCc2cccc(CO)c2)cc(C)c1O. The average Bonchev–Trinajstić information content (AvgIpc) is 2.45. The molecule has 2 aromatic carbocycles. The quantitative estimate of drug-likeness (QED) is 0.784. The van der Waals surface area contributed by atoms with Gasteiger partial charge >= 0.3 is 0 Å². The van der Waals surface area contributed by atoms with E-state index in [0.29, 0.717) is 5.75 Å². The number of phenols is 1. The van der Waals surface area contributed by atoms with Crippen molar-refractivity contribution in [1.29, 1.82) is 0 Å². The maximum atomic E-state index is 9.75. The van der Waals surface area contributed by atoms with Crippen LogP contribution < -0.4 is 5.32 Å². The first-order valence-corrected chi connectivity index (χ1v) is 6.78. The van der Waals surface area contributed by atoms with Gasteiger partial charge in [0.15, 0.2) is 0 Å². The molecule has 0 saturated carbocycles. The Morgan fingerprint density at radius 3 is 2.15 bits per heavy atom. The minimum absolute atomic E-state index is 0.0736. The lowest BCUT2D eigenvalue weighted by Crippen LogP contribution is -2.13. The highest BCUT2D eigenvalue weighted by molar-refractivity contribution is 5.42. The molecule has 106 valence electrons. The molecule has 0 spiro atoms. The van der Waals surface area contributed by atoms with E-state index in [-0.39, 0.29) is 6.61 Å². The minimum atomic E-state index is 0.0736. The summed E-state index contributed by atoms with van der Waals surface area (Å²) in [5.74, 6) is 0.379. The van der Waals surface area contributed by atoms with Gasteiger partial charge in [0, 0.05) is 13.1 Å². The molecular formula is C17H21NO2. The molecular weight excluding hydrogens is 250 g/mol. The average molecular weight is 271 g/mol. The fraction of sp³-hybridized carbons (Fsp3) is 0.294. The smallest absolute Gasteiger partial charge is 0.121 e. The second kappa shape index (κ2) is 6.55. The molecule has 0 bridgehead atoms. The van der Waals surface area contributed by atoms with Crippen LogP contribution in [0.5, 0.6) is 5.75 Å². The molecule has 0 amide bonds. The Bertz CT molecular complexity index is 570. The second-order valence-electron chi connectivity index (χ2n) is 5.16. The first kappa shape index (κ1) is 14.6. The molecule has 0 aliphatic rings. The Hall–Kier alpha value is -1.84. The summed E-state index contributed by atoms with van der Waals surface area (Å²) in [6, 6.07) is 11.9. The van der Waals surface area contributed by atoms with Gasteiger partial charge in [-0.3, -0.25) is 0 Å². The normalized spacial score (nSPS) is 10.8. The maximum absolute atomic E-state index is 9.75. The fourth-order valence-corrected chi connectivity index (χ4v) is 2.34. The van der Waals surface area contributed by atoms with E-state index >= 15 is 0 Å². The molecule has 0 saturated heterocycles. The number of aliphatic hydroxyl groups excluding tert-OH is 1. The van der Waals surface area contributed by atoms with Gasteiger partial charge in [-0.1, -0.05) is 36.4 Å². The number of aliphatic hydroxyl groups is 1. The fourth-order valence-electron chi connectivity index (χ4n) is 2.34. The van der Waals surface area contributed by atoms with Crippen molar-refractivity contribution in [3.63, 3.8) is 0 Å². The number of benzene rings is 2. The molecule has 0 aromatic heterocycles. The number of nitrogens with one attached hydrogen (secondary N) is 1. The van der Waals surface area contributed by atoms with E-state index in [1.54, 1.807) is 0 Å². The summed E-state index contributed by atoms with van der Waals surface area (Å²) in [6.45, 7) is 5.41. The number of aromatic hydroxyl groups is 1. The molecule has 0 aliphatic heterocycles. The number of hydrogen-bond donors (Lipinski definition) is 3. The summed E-state index contributed by atoms with van der Waals surface area (Å²) in [4.78, 5) is 0. The highest BCUT2D eigenvalue weighted by atomic mass is 16.3. The molecule has 0 heterocycles. The monoisotopic (exact) mass is 271 g/mol. The zero-order valence-corrected chi connectivity index (χ0v) is 12.0. The van der Waals surface area contributed by atoms with Crippen molar-refractivity contribution >= 4 is 0 Å². The van der Waals surface area contributed by atoms with E-state index in [9.17, 15) is 5.11 Å². The van der Waals surface area contributed by atoms with Crippen LogP contribution in [0.1, 0.15) is 27.8 Å². The molecule has 0 unspecified atom stereocenters. The van der Waals surface area contributed by atoms with Gasteiger partial charge in [0.25, 0.3) is 0 Å². The third-order valence-electron chi connectivity index (χ3n) is 3.38. The summed E-state index contributed by atoms with van der Waals surface area (Å²) < 4.78 is 0. The summed E-state index contributed by atoms with van der Waals surface area (Å²) in [6.07, 6.45) is 0. The number of hydrogen-bond acceptors (Lipinski definition) is 3. The molecule has 20 heavy (non-hydrogen) atoms. The van der Waals surface area contributed by atoms with Crippen LogP contribution in [0.25, 0.3) is 0 Å². The van der Waals surface area contributed by atoms with Gasteiger partial charge < -0.3 is 15.5 Å². The van der Waals surface area contributed by atoms with E-state index in [4.69, 9.17) is 5.11 Å².